The summed E-state index contributed by atoms with van der Waals surface area (Å²) in [6, 6.07) is 10.3. The zero-order chi connectivity index (χ0) is 18.8. The number of nitrogens with zero attached hydrogens (tertiary/aromatic N) is 1. The minimum absolute atomic E-state index is 0.0905. The monoisotopic (exact) mass is 356 g/mol. The lowest BCUT2D eigenvalue weighted by atomic mass is 10.0. The van der Waals surface area contributed by atoms with Gasteiger partial charge < -0.3 is 19.5 Å². The van der Waals surface area contributed by atoms with E-state index in [0.29, 0.717) is 29.3 Å². The fraction of sp³-hybridized carbons (Fsp3) is 0.263. The minimum Gasteiger partial charge on any atom is -0.497 e. The number of carbonyl (C=O) groups is 2. The van der Waals surface area contributed by atoms with Crippen molar-refractivity contribution < 1.29 is 24.2 Å². The van der Waals surface area contributed by atoms with E-state index in [1.165, 1.54) is 0 Å². The van der Waals surface area contributed by atoms with E-state index in [1.54, 1.807) is 43.4 Å². The van der Waals surface area contributed by atoms with Gasteiger partial charge in [0.15, 0.2) is 0 Å². The van der Waals surface area contributed by atoms with Gasteiger partial charge in [-0.15, -0.1) is 0 Å². The first-order chi connectivity index (χ1) is 12.4. The van der Waals surface area contributed by atoms with Gasteiger partial charge >= 0.3 is 6.09 Å². The zero-order valence-electron chi connectivity index (χ0n) is 14.8. The Balaban J connectivity index is 1.88. The third-order valence-corrected chi connectivity index (χ3v) is 4.55. The summed E-state index contributed by atoms with van der Waals surface area (Å²) in [5.41, 5.74) is 2.69. The van der Waals surface area contributed by atoms with Crippen molar-refractivity contribution in [3.05, 3.63) is 53.1 Å². The number of fused-ring (bicyclic) bond motifs is 1. The Hall–Kier alpha value is -3.22. The van der Waals surface area contributed by atoms with Crippen LogP contribution in [-0.2, 0) is 6.54 Å². The number of amides is 2. The molecule has 0 fully saturated rings. The molecule has 2 N–H and O–H groups in total. The molecule has 2 aromatic rings. The molecule has 2 aromatic carbocycles. The number of nitrogens with one attached hydrogen (secondary N) is 1. The van der Waals surface area contributed by atoms with Crippen molar-refractivity contribution in [2.75, 3.05) is 19.5 Å². The maximum atomic E-state index is 12.8. The number of anilines is 1. The van der Waals surface area contributed by atoms with Gasteiger partial charge in [-0.2, -0.15) is 0 Å². The molecule has 7 nitrogen and oxygen atoms in total. The first-order valence-electron chi connectivity index (χ1n) is 8.10. The van der Waals surface area contributed by atoms with E-state index in [-0.39, 0.29) is 11.9 Å². The molecule has 0 bridgehead atoms. The lowest BCUT2D eigenvalue weighted by Gasteiger charge is -2.23. The number of rotatable bonds is 5. The van der Waals surface area contributed by atoms with Gasteiger partial charge in [0.1, 0.15) is 11.5 Å². The van der Waals surface area contributed by atoms with Crippen LogP contribution in [0.25, 0.3) is 0 Å². The third kappa shape index (κ3) is 3.15. The summed E-state index contributed by atoms with van der Waals surface area (Å²) in [4.78, 5) is 25.4. The van der Waals surface area contributed by atoms with Crippen LogP contribution in [-0.4, -0.2) is 36.2 Å². The van der Waals surface area contributed by atoms with E-state index < -0.39 is 6.09 Å². The van der Waals surface area contributed by atoms with E-state index in [2.05, 4.69) is 5.32 Å². The molecule has 1 heterocycles. The van der Waals surface area contributed by atoms with E-state index in [4.69, 9.17) is 14.6 Å². The number of methoxy groups -OCH3 is 2. The Morgan fingerprint density at radius 3 is 2.62 bits per heavy atom. The van der Waals surface area contributed by atoms with Gasteiger partial charge in [-0.3, -0.25) is 10.1 Å². The molecule has 0 saturated carbocycles. The molecule has 0 aliphatic carbocycles. The Morgan fingerprint density at radius 1 is 1.19 bits per heavy atom. The highest BCUT2D eigenvalue weighted by Crippen LogP contribution is 2.37. The van der Waals surface area contributed by atoms with Crippen molar-refractivity contribution >= 4 is 17.7 Å². The van der Waals surface area contributed by atoms with Gasteiger partial charge in [0.25, 0.3) is 5.91 Å². The van der Waals surface area contributed by atoms with Gasteiger partial charge in [-0.1, -0.05) is 0 Å². The average Bonchev–Trinajstić information content (AvgIpc) is 2.86. The Morgan fingerprint density at radius 2 is 1.96 bits per heavy atom. The van der Waals surface area contributed by atoms with E-state index in [0.717, 1.165) is 11.1 Å². The summed E-state index contributed by atoms with van der Waals surface area (Å²) in [7, 11) is 3.16. The predicted octanol–water partition coefficient (Wildman–Crippen LogP) is 3.51. The quantitative estimate of drug-likeness (QED) is 0.856. The zero-order valence-corrected chi connectivity index (χ0v) is 14.8. The van der Waals surface area contributed by atoms with Crippen LogP contribution in [0, 0.1) is 0 Å². The normalized spacial score (nSPS) is 15.6. The third-order valence-electron chi connectivity index (χ3n) is 4.55. The maximum Gasteiger partial charge on any atom is 0.409 e. The van der Waals surface area contributed by atoms with Gasteiger partial charge in [0.2, 0.25) is 0 Å². The van der Waals surface area contributed by atoms with Crippen LogP contribution < -0.4 is 14.8 Å². The van der Waals surface area contributed by atoms with Crippen LogP contribution in [0.3, 0.4) is 0 Å². The molecule has 1 aliphatic rings. The minimum atomic E-state index is -1.14. The molecule has 0 spiro atoms. The van der Waals surface area contributed by atoms with Crippen molar-refractivity contribution in [1.29, 1.82) is 0 Å². The van der Waals surface area contributed by atoms with Crippen LogP contribution in [0.4, 0.5) is 10.5 Å². The standard InChI is InChI=1S/C19H20N2O5/c1-11-16-8-13(20-19(23)24)5-7-15(16)18(22)21(11)10-12-4-6-14(25-2)9-17(12)26-3/h4-9,11,20H,10H2,1-3H3,(H,23,24). The summed E-state index contributed by atoms with van der Waals surface area (Å²) >= 11 is 0. The van der Waals surface area contributed by atoms with Gasteiger partial charge in [-0.05, 0) is 42.8 Å². The summed E-state index contributed by atoms with van der Waals surface area (Å²) in [6.45, 7) is 2.30. The second kappa shape index (κ2) is 6.95. The van der Waals surface area contributed by atoms with E-state index >= 15 is 0 Å². The molecular formula is C19H20N2O5. The second-order valence-electron chi connectivity index (χ2n) is 6.02. The molecule has 0 aromatic heterocycles. The first kappa shape index (κ1) is 17.6. The fourth-order valence-corrected chi connectivity index (χ4v) is 3.18. The highest BCUT2D eigenvalue weighted by Gasteiger charge is 2.34. The summed E-state index contributed by atoms with van der Waals surface area (Å²) in [5.74, 6) is 1.24. The van der Waals surface area contributed by atoms with Crippen LogP contribution in [0.15, 0.2) is 36.4 Å². The van der Waals surface area contributed by atoms with E-state index in [1.807, 2.05) is 19.1 Å². The number of hydrogen-bond donors (Lipinski definition) is 2. The van der Waals surface area contributed by atoms with Crippen molar-refractivity contribution in [1.82, 2.24) is 4.90 Å². The number of benzene rings is 2. The van der Waals surface area contributed by atoms with E-state index in [9.17, 15) is 9.59 Å². The lowest BCUT2D eigenvalue weighted by Crippen LogP contribution is -2.26. The van der Waals surface area contributed by atoms with Gasteiger partial charge in [0.05, 0.1) is 26.8 Å². The Labute approximate surface area is 151 Å². The highest BCUT2D eigenvalue weighted by molar-refractivity contribution is 6.00. The van der Waals surface area contributed by atoms with Crippen LogP contribution >= 0.6 is 0 Å². The molecule has 26 heavy (non-hydrogen) atoms. The largest absolute Gasteiger partial charge is 0.497 e. The van der Waals surface area contributed by atoms with Crippen molar-refractivity contribution in [3.63, 3.8) is 0 Å². The van der Waals surface area contributed by atoms with Crippen LogP contribution in [0.2, 0.25) is 0 Å². The molecule has 3 rings (SSSR count). The van der Waals surface area contributed by atoms with Crippen molar-refractivity contribution in [2.45, 2.75) is 19.5 Å². The topological polar surface area (TPSA) is 88.1 Å². The second-order valence-corrected chi connectivity index (χ2v) is 6.02. The van der Waals surface area contributed by atoms with Crippen molar-refractivity contribution in [2.24, 2.45) is 0 Å². The lowest BCUT2D eigenvalue weighted by molar-refractivity contribution is 0.0721. The summed E-state index contributed by atoms with van der Waals surface area (Å²) in [5, 5.41) is 11.2. The predicted molar refractivity (Wildman–Crippen MR) is 95.9 cm³/mol. The summed E-state index contributed by atoms with van der Waals surface area (Å²) in [6.07, 6.45) is -1.14. The molecule has 0 radical (unpaired) electrons. The average molecular weight is 356 g/mol. The molecule has 1 aliphatic heterocycles. The summed E-state index contributed by atoms with van der Waals surface area (Å²) < 4.78 is 10.6. The van der Waals surface area contributed by atoms with Gasteiger partial charge in [0, 0.05) is 22.9 Å². The maximum absolute atomic E-state index is 12.8. The number of hydrogen-bond acceptors (Lipinski definition) is 4. The molecule has 1 atom stereocenters. The van der Waals surface area contributed by atoms with Crippen LogP contribution in [0.5, 0.6) is 11.5 Å². The highest BCUT2D eigenvalue weighted by atomic mass is 16.5. The first-order valence-corrected chi connectivity index (χ1v) is 8.10. The number of ether oxygens (including phenoxy) is 2. The Kier molecular flexibility index (Phi) is 4.71. The molecule has 2 amide bonds. The number of carbonyl (C=O) groups excluding carboxylic acids is 1. The molecule has 1 unspecified atom stereocenters. The molecule has 136 valence electrons. The molecule has 0 saturated heterocycles. The number of carboxylic acid groups (broad SMARTS) is 1. The molecule has 7 heteroatoms. The van der Waals surface area contributed by atoms with Crippen molar-refractivity contribution in [3.8, 4) is 11.5 Å². The van der Waals surface area contributed by atoms with Crippen LogP contribution in [0.1, 0.15) is 34.5 Å². The molecular weight excluding hydrogens is 336 g/mol. The fourth-order valence-electron chi connectivity index (χ4n) is 3.18. The Bertz CT molecular complexity index is 865. The van der Waals surface area contributed by atoms with Gasteiger partial charge in [-0.25, -0.2) is 4.79 Å². The smallest absolute Gasteiger partial charge is 0.409 e. The SMILES string of the molecule is COc1ccc(CN2C(=O)c3ccc(NC(=O)O)cc3C2C)c(OC)c1.